The van der Waals surface area contributed by atoms with Crippen LogP contribution < -0.4 is 0 Å². The number of hydrogen-bond donors (Lipinski definition) is 0. The maximum atomic E-state index is 5.24. The van der Waals surface area contributed by atoms with Gasteiger partial charge in [-0.2, -0.15) is 0 Å². The van der Waals surface area contributed by atoms with Gasteiger partial charge < -0.3 is 0 Å². The molecule has 0 saturated heterocycles. The zero-order valence-electron chi connectivity index (χ0n) is 24.2. The third-order valence-electron chi connectivity index (χ3n) is 8.48. The van der Waals surface area contributed by atoms with Gasteiger partial charge in [-0.3, -0.25) is 0 Å². The highest BCUT2D eigenvalue weighted by Crippen LogP contribution is 2.44. The maximum absolute atomic E-state index is 5.24. The SMILES string of the molecule is c1ccc(-c2cc(-c3nc(-c4ccccc4)nc(-c4cccc5ccccc45)n3)c3sc4cc5ccccc5cc4c3c2)cc1. The molecular formula is C41H25N3S. The summed E-state index contributed by atoms with van der Waals surface area (Å²) in [6.07, 6.45) is 0. The van der Waals surface area contributed by atoms with Gasteiger partial charge in [-0.1, -0.05) is 127 Å². The van der Waals surface area contributed by atoms with Gasteiger partial charge in [0.1, 0.15) is 0 Å². The van der Waals surface area contributed by atoms with Crippen molar-refractivity contribution in [2.24, 2.45) is 0 Å². The zero-order chi connectivity index (χ0) is 29.7. The summed E-state index contributed by atoms with van der Waals surface area (Å²) in [4.78, 5) is 15.5. The number of hydrogen-bond acceptors (Lipinski definition) is 4. The number of rotatable bonds is 4. The van der Waals surface area contributed by atoms with E-state index < -0.39 is 0 Å². The second-order valence-corrected chi connectivity index (χ2v) is 12.3. The van der Waals surface area contributed by atoms with Crippen molar-refractivity contribution >= 4 is 53.1 Å². The van der Waals surface area contributed by atoms with Crippen molar-refractivity contribution in [3.05, 3.63) is 152 Å². The lowest BCUT2D eigenvalue weighted by Gasteiger charge is -2.12. The van der Waals surface area contributed by atoms with E-state index in [2.05, 4.69) is 133 Å². The maximum Gasteiger partial charge on any atom is 0.165 e. The van der Waals surface area contributed by atoms with Gasteiger partial charge in [0.2, 0.25) is 0 Å². The summed E-state index contributed by atoms with van der Waals surface area (Å²) in [5, 5.41) is 7.22. The highest BCUT2D eigenvalue weighted by molar-refractivity contribution is 7.26. The zero-order valence-corrected chi connectivity index (χ0v) is 25.0. The van der Waals surface area contributed by atoms with E-state index in [9.17, 15) is 0 Å². The Morgan fingerprint density at radius 1 is 0.356 bits per heavy atom. The molecule has 0 amide bonds. The molecule has 0 radical (unpaired) electrons. The van der Waals surface area contributed by atoms with E-state index in [1.165, 1.54) is 30.9 Å². The summed E-state index contributed by atoms with van der Waals surface area (Å²) in [5.41, 5.74) is 5.26. The number of thiophene rings is 1. The fourth-order valence-corrected chi connectivity index (χ4v) is 7.50. The Hall–Kier alpha value is -5.71. The highest BCUT2D eigenvalue weighted by atomic mass is 32.1. The Morgan fingerprint density at radius 2 is 0.956 bits per heavy atom. The van der Waals surface area contributed by atoms with Gasteiger partial charge in [-0.15, -0.1) is 11.3 Å². The topological polar surface area (TPSA) is 38.7 Å². The quantitative estimate of drug-likeness (QED) is 0.204. The van der Waals surface area contributed by atoms with E-state index in [-0.39, 0.29) is 0 Å². The molecule has 0 saturated carbocycles. The van der Waals surface area contributed by atoms with Crippen molar-refractivity contribution in [1.29, 1.82) is 0 Å². The number of aromatic nitrogens is 3. The second-order valence-electron chi connectivity index (χ2n) is 11.3. The second kappa shape index (κ2) is 10.5. The molecule has 0 aliphatic carbocycles. The van der Waals surface area contributed by atoms with Gasteiger partial charge in [-0.05, 0) is 56.9 Å². The first kappa shape index (κ1) is 25.8. The number of fused-ring (bicyclic) bond motifs is 5. The average molecular weight is 592 g/mol. The minimum atomic E-state index is 0.661. The van der Waals surface area contributed by atoms with Crippen LogP contribution in [0.4, 0.5) is 0 Å². The summed E-state index contributed by atoms with van der Waals surface area (Å²) < 4.78 is 2.43. The first-order valence-electron chi connectivity index (χ1n) is 15.0. The van der Waals surface area contributed by atoms with Crippen molar-refractivity contribution in [1.82, 2.24) is 15.0 Å². The molecule has 9 rings (SSSR count). The Morgan fingerprint density at radius 3 is 1.73 bits per heavy atom. The predicted molar refractivity (Wildman–Crippen MR) is 189 cm³/mol. The predicted octanol–water partition coefficient (Wildman–Crippen LogP) is 11.2. The van der Waals surface area contributed by atoms with Crippen LogP contribution in [0, 0.1) is 0 Å². The summed E-state index contributed by atoms with van der Waals surface area (Å²) in [7, 11) is 0. The van der Waals surface area contributed by atoms with Crippen LogP contribution in [-0.4, -0.2) is 15.0 Å². The highest BCUT2D eigenvalue weighted by Gasteiger charge is 2.19. The lowest BCUT2D eigenvalue weighted by Crippen LogP contribution is -2.01. The largest absolute Gasteiger partial charge is 0.208 e. The molecule has 210 valence electrons. The summed E-state index contributed by atoms with van der Waals surface area (Å²) in [6.45, 7) is 0. The van der Waals surface area contributed by atoms with E-state index in [1.807, 2.05) is 29.5 Å². The van der Waals surface area contributed by atoms with Crippen LogP contribution >= 0.6 is 11.3 Å². The van der Waals surface area contributed by atoms with E-state index in [1.54, 1.807) is 0 Å². The summed E-state index contributed by atoms with van der Waals surface area (Å²) >= 11 is 1.81. The molecule has 0 atom stereocenters. The number of benzene rings is 7. The van der Waals surface area contributed by atoms with E-state index in [0.717, 1.165) is 38.6 Å². The molecule has 3 nitrogen and oxygen atoms in total. The minimum Gasteiger partial charge on any atom is -0.208 e. The monoisotopic (exact) mass is 591 g/mol. The lowest BCUT2D eigenvalue weighted by molar-refractivity contribution is 1.08. The van der Waals surface area contributed by atoms with Crippen molar-refractivity contribution in [2.75, 3.05) is 0 Å². The Kier molecular flexibility index (Phi) is 6.00. The molecule has 4 heteroatoms. The smallest absolute Gasteiger partial charge is 0.165 e. The van der Waals surface area contributed by atoms with Gasteiger partial charge in [0.25, 0.3) is 0 Å². The van der Waals surface area contributed by atoms with Crippen LogP contribution in [0.1, 0.15) is 0 Å². The van der Waals surface area contributed by atoms with Crippen LogP contribution in [0.5, 0.6) is 0 Å². The molecule has 2 heterocycles. The third kappa shape index (κ3) is 4.46. The van der Waals surface area contributed by atoms with E-state index in [0.29, 0.717) is 17.5 Å². The van der Waals surface area contributed by atoms with Crippen LogP contribution in [0.15, 0.2) is 152 Å². The average Bonchev–Trinajstić information content (AvgIpc) is 3.47. The summed E-state index contributed by atoms with van der Waals surface area (Å²) in [6, 6.07) is 53.3. The van der Waals surface area contributed by atoms with Crippen LogP contribution in [0.3, 0.4) is 0 Å². The Balaban J connectivity index is 1.38. The normalized spacial score (nSPS) is 11.6. The van der Waals surface area contributed by atoms with Gasteiger partial charge in [-0.25, -0.2) is 15.0 Å². The van der Waals surface area contributed by atoms with E-state index in [4.69, 9.17) is 15.0 Å². The minimum absolute atomic E-state index is 0.661. The first-order chi connectivity index (χ1) is 22.3. The molecule has 0 aliphatic rings. The van der Waals surface area contributed by atoms with Crippen molar-refractivity contribution in [2.45, 2.75) is 0 Å². The fourth-order valence-electron chi connectivity index (χ4n) is 6.28. The van der Waals surface area contributed by atoms with Crippen LogP contribution in [0.2, 0.25) is 0 Å². The Labute approximate surface area is 264 Å². The summed E-state index contributed by atoms with van der Waals surface area (Å²) in [5.74, 6) is 2.00. The molecule has 0 fully saturated rings. The third-order valence-corrected chi connectivity index (χ3v) is 9.69. The molecule has 9 aromatic rings. The Bertz CT molecular complexity index is 2530. The standard InChI is InChI=1S/C41H25N3S/c1-3-12-26(13-4-1)31-23-35-34-22-29-17-7-8-18-30(29)25-37(34)45-38(35)36(24-31)41-43-39(28-15-5-2-6-16-28)42-40(44-41)33-21-11-19-27-14-9-10-20-32(27)33/h1-25H. The molecular weight excluding hydrogens is 567 g/mol. The van der Waals surface area contributed by atoms with Crippen LogP contribution in [-0.2, 0) is 0 Å². The van der Waals surface area contributed by atoms with Crippen molar-refractivity contribution in [3.63, 3.8) is 0 Å². The molecule has 2 aromatic heterocycles. The van der Waals surface area contributed by atoms with E-state index >= 15 is 0 Å². The molecule has 0 N–H and O–H groups in total. The molecule has 0 unspecified atom stereocenters. The molecule has 45 heavy (non-hydrogen) atoms. The molecule has 0 aliphatic heterocycles. The number of nitrogens with zero attached hydrogens (tertiary/aromatic N) is 3. The van der Waals surface area contributed by atoms with Gasteiger partial charge in [0.15, 0.2) is 17.5 Å². The first-order valence-corrected chi connectivity index (χ1v) is 15.8. The molecule has 0 spiro atoms. The van der Waals surface area contributed by atoms with Crippen LogP contribution in [0.25, 0.3) is 87.0 Å². The van der Waals surface area contributed by atoms with Gasteiger partial charge in [0.05, 0.1) is 0 Å². The van der Waals surface area contributed by atoms with Gasteiger partial charge >= 0.3 is 0 Å². The van der Waals surface area contributed by atoms with Crippen molar-refractivity contribution in [3.8, 4) is 45.3 Å². The molecule has 0 bridgehead atoms. The van der Waals surface area contributed by atoms with Gasteiger partial charge in [0, 0.05) is 36.9 Å². The molecule has 7 aromatic carbocycles. The lowest BCUT2D eigenvalue weighted by atomic mass is 9.98. The van der Waals surface area contributed by atoms with Crippen molar-refractivity contribution < 1.29 is 0 Å². The fraction of sp³-hybridized carbons (Fsp3) is 0.